The van der Waals surface area contributed by atoms with E-state index in [1.807, 2.05) is 30.1 Å². The van der Waals surface area contributed by atoms with E-state index in [9.17, 15) is 9.90 Å². The van der Waals surface area contributed by atoms with Crippen molar-refractivity contribution in [3.63, 3.8) is 0 Å². The van der Waals surface area contributed by atoms with Gasteiger partial charge in [-0.15, -0.1) is 0 Å². The van der Waals surface area contributed by atoms with Crippen LogP contribution in [0.2, 0.25) is 0 Å². The van der Waals surface area contributed by atoms with Gasteiger partial charge in [0, 0.05) is 25.8 Å². The van der Waals surface area contributed by atoms with Crippen LogP contribution < -0.4 is 0 Å². The lowest BCUT2D eigenvalue weighted by Gasteiger charge is -2.36. The summed E-state index contributed by atoms with van der Waals surface area (Å²) in [7, 11) is 1.85. The Kier molecular flexibility index (Phi) is 3.76. The molecule has 112 valence electrons. The summed E-state index contributed by atoms with van der Waals surface area (Å²) in [6, 6.07) is 5.21. The molecule has 0 bridgehead atoms. The SMILES string of the molecule is CN1CCN(Cc2ccc(-c3ccn[nH]3)o2)C[C@H]1C(=O)O. The number of H-pyrrole nitrogens is 1. The quantitative estimate of drug-likeness (QED) is 0.869. The lowest BCUT2D eigenvalue weighted by Crippen LogP contribution is -2.54. The number of aromatic amines is 1. The first-order chi connectivity index (χ1) is 10.1. The molecular weight excluding hydrogens is 272 g/mol. The summed E-state index contributed by atoms with van der Waals surface area (Å²) in [4.78, 5) is 15.2. The number of aliphatic carboxylic acids is 1. The Hall–Kier alpha value is -2.12. The van der Waals surface area contributed by atoms with Crippen LogP contribution in [0, 0.1) is 0 Å². The van der Waals surface area contributed by atoms with Crippen LogP contribution in [0.15, 0.2) is 28.8 Å². The second-order valence-electron chi connectivity index (χ2n) is 5.31. The highest BCUT2D eigenvalue weighted by atomic mass is 16.4. The number of carboxylic acid groups (broad SMARTS) is 1. The van der Waals surface area contributed by atoms with Gasteiger partial charge in [-0.1, -0.05) is 0 Å². The number of aromatic nitrogens is 2. The summed E-state index contributed by atoms with van der Waals surface area (Å²) in [5, 5.41) is 16.0. The van der Waals surface area contributed by atoms with E-state index in [0.717, 1.165) is 30.3 Å². The van der Waals surface area contributed by atoms with E-state index in [1.54, 1.807) is 6.20 Å². The molecule has 1 aliphatic rings. The molecular formula is C14H18N4O3. The van der Waals surface area contributed by atoms with Crippen molar-refractivity contribution in [1.29, 1.82) is 0 Å². The Morgan fingerprint density at radius 2 is 2.33 bits per heavy atom. The molecule has 3 rings (SSSR count). The number of hydrogen-bond donors (Lipinski definition) is 2. The van der Waals surface area contributed by atoms with E-state index in [4.69, 9.17) is 4.42 Å². The standard InChI is InChI=1S/C14H18N4O3/c1-17-6-7-18(9-12(17)14(19)20)8-10-2-3-13(21-10)11-4-5-15-16-11/h2-5,12H,6-9H2,1H3,(H,15,16)(H,19,20)/t12-/m0/s1. The van der Waals surface area contributed by atoms with Crippen molar-refractivity contribution in [1.82, 2.24) is 20.0 Å². The minimum Gasteiger partial charge on any atom is -0.480 e. The number of hydrogen-bond acceptors (Lipinski definition) is 5. The van der Waals surface area contributed by atoms with Gasteiger partial charge in [-0.3, -0.25) is 19.7 Å². The molecule has 1 fully saturated rings. The molecule has 2 aromatic rings. The summed E-state index contributed by atoms with van der Waals surface area (Å²) in [6.07, 6.45) is 1.68. The van der Waals surface area contributed by atoms with Crippen molar-refractivity contribution in [2.75, 3.05) is 26.7 Å². The summed E-state index contributed by atoms with van der Waals surface area (Å²) >= 11 is 0. The van der Waals surface area contributed by atoms with Gasteiger partial charge in [0.15, 0.2) is 5.76 Å². The smallest absolute Gasteiger partial charge is 0.322 e. The Morgan fingerprint density at radius 3 is 3.05 bits per heavy atom. The summed E-state index contributed by atoms with van der Waals surface area (Å²) in [5.74, 6) is 0.791. The highest BCUT2D eigenvalue weighted by Gasteiger charge is 2.30. The summed E-state index contributed by atoms with van der Waals surface area (Å²) < 4.78 is 5.78. The molecule has 7 nitrogen and oxygen atoms in total. The highest BCUT2D eigenvalue weighted by Crippen LogP contribution is 2.21. The van der Waals surface area contributed by atoms with Crippen LogP contribution in [0.3, 0.4) is 0 Å². The van der Waals surface area contributed by atoms with Crippen molar-refractivity contribution in [2.45, 2.75) is 12.6 Å². The van der Waals surface area contributed by atoms with E-state index in [1.165, 1.54) is 0 Å². The molecule has 2 aromatic heterocycles. The molecule has 0 amide bonds. The summed E-state index contributed by atoms with van der Waals surface area (Å²) in [6.45, 7) is 2.70. The largest absolute Gasteiger partial charge is 0.480 e. The van der Waals surface area contributed by atoms with Crippen molar-refractivity contribution in [3.8, 4) is 11.5 Å². The zero-order chi connectivity index (χ0) is 14.8. The molecule has 1 atom stereocenters. The number of piperazine rings is 1. The fraction of sp³-hybridized carbons (Fsp3) is 0.429. The van der Waals surface area contributed by atoms with Crippen molar-refractivity contribution in [2.24, 2.45) is 0 Å². The van der Waals surface area contributed by atoms with Gasteiger partial charge in [0.25, 0.3) is 0 Å². The van der Waals surface area contributed by atoms with Crippen LogP contribution in [0.1, 0.15) is 5.76 Å². The van der Waals surface area contributed by atoms with Gasteiger partial charge in [0.05, 0.1) is 6.54 Å². The normalized spacial score (nSPS) is 20.7. The second-order valence-corrected chi connectivity index (χ2v) is 5.31. The molecule has 2 N–H and O–H groups in total. The number of carboxylic acids is 1. The first kappa shape index (κ1) is 13.8. The van der Waals surface area contributed by atoms with Gasteiger partial charge in [-0.2, -0.15) is 5.10 Å². The van der Waals surface area contributed by atoms with E-state index in [0.29, 0.717) is 13.1 Å². The fourth-order valence-corrected chi connectivity index (χ4v) is 2.56. The predicted octanol–water partition coefficient (Wildman–Crippen LogP) is 0.870. The zero-order valence-electron chi connectivity index (χ0n) is 11.8. The molecule has 1 aliphatic heterocycles. The van der Waals surface area contributed by atoms with Crippen LogP contribution >= 0.6 is 0 Å². The Bertz CT molecular complexity index is 608. The first-order valence-electron chi connectivity index (χ1n) is 6.87. The van der Waals surface area contributed by atoms with Gasteiger partial charge >= 0.3 is 5.97 Å². The number of nitrogens with one attached hydrogen (secondary N) is 1. The van der Waals surface area contributed by atoms with Crippen LogP contribution in [0.5, 0.6) is 0 Å². The maximum Gasteiger partial charge on any atom is 0.322 e. The van der Waals surface area contributed by atoms with E-state index >= 15 is 0 Å². The number of nitrogens with zero attached hydrogens (tertiary/aromatic N) is 3. The van der Waals surface area contributed by atoms with Crippen molar-refractivity contribution in [3.05, 3.63) is 30.2 Å². The van der Waals surface area contributed by atoms with E-state index < -0.39 is 12.0 Å². The number of likely N-dealkylation sites (N-methyl/N-ethyl adjacent to an activating group) is 1. The Morgan fingerprint density at radius 1 is 1.48 bits per heavy atom. The molecule has 0 spiro atoms. The lowest BCUT2D eigenvalue weighted by atomic mass is 10.2. The van der Waals surface area contributed by atoms with Gasteiger partial charge in [0.2, 0.25) is 0 Å². The van der Waals surface area contributed by atoms with Crippen LogP contribution in [-0.2, 0) is 11.3 Å². The van der Waals surface area contributed by atoms with Gasteiger partial charge in [0.1, 0.15) is 17.5 Å². The third-order valence-electron chi connectivity index (χ3n) is 3.82. The Labute approximate surface area is 122 Å². The molecule has 21 heavy (non-hydrogen) atoms. The molecule has 0 radical (unpaired) electrons. The fourth-order valence-electron chi connectivity index (χ4n) is 2.56. The molecule has 0 aromatic carbocycles. The number of rotatable bonds is 4. The minimum atomic E-state index is -0.778. The average Bonchev–Trinajstić information content (AvgIpc) is 3.11. The third kappa shape index (κ3) is 2.98. The maximum absolute atomic E-state index is 11.2. The summed E-state index contributed by atoms with van der Waals surface area (Å²) in [5.41, 5.74) is 0.836. The highest BCUT2D eigenvalue weighted by molar-refractivity contribution is 5.73. The third-order valence-corrected chi connectivity index (χ3v) is 3.82. The second kappa shape index (κ2) is 5.71. The van der Waals surface area contributed by atoms with Crippen LogP contribution in [0.25, 0.3) is 11.5 Å². The monoisotopic (exact) mass is 290 g/mol. The van der Waals surface area contributed by atoms with E-state index in [-0.39, 0.29) is 0 Å². The van der Waals surface area contributed by atoms with Crippen LogP contribution in [0.4, 0.5) is 0 Å². The number of carbonyl (C=O) groups is 1. The molecule has 0 unspecified atom stereocenters. The topological polar surface area (TPSA) is 85.6 Å². The van der Waals surface area contributed by atoms with Gasteiger partial charge in [-0.05, 0) is 25.2 Å². The van der Waals surface area contributed by atoms with Crippen molar-refractivity contribution >= 4 is 5.97 Å². The molecule has 3 heterocycles. The van der Waals surface area contributed by atoms with Crippen LogP contribution in [-0.4, -0.2) is 63.8 Å². The predicted molar refractivity (Wildman–Crippen MR) is 75.6 cm³/mol. The maximum atomic E-state index is 11.2. The zero-order valence-corrected chi connectivity index (χ0v) is 11.8. The molecule has 0 aliphatic carbocycles. The molecule has 7 heteroatoms. The van der Waals surface area contributed by atoms with Crippen molar-refractivity contribution < 1.29 is 14.3 Å². The molecule has 1 saturated heterocycles. The average molecular weight is 290 g/mol. The van der Waals surface area contributed by atoms with Gasteiger partial charge < -0.3 is 9.52 Å². The first-order valence-corrected chi connectivity index (χ1v) is 6.87. The lowest BCUT2D eigenvalue weighted by molar-refractivity contribution is -0.145. The molecule has 0 saturated carbocycles. The Balaban J connectivity index is 1.65. The number of furan rings is 1. The van der Waals surface area contributed by atoms with Gasteiger partial charge in [-0.25, -0.2) is 0 Å². The van der Waals surface area contributed by atoms with E-state index in [2.05, 4.69) is 15.1 Å². The minimum absolute atomic E-state index is 0.458.